The largest absolute Gasteiger partial charge is 0.497 e. The maximum absolute atomic E-state index is 5.63. The van der Waals surface area contributed by atoms with Crippen LogP contribution in [0.5, 0.6) is 11.5 Å². The minimum absolute atomic E-state index is 0.145. The zero-order chi connectivity index (χ0) is 21.7. The second-order valence-electron chi connectivity index (χ2n) is 8.96. The van der Waals surface area contributed by atoms with E-state index in [4.69, 9.17) is 9.47 Å². The van der Waals surface area contributed by atoms with Crippen LogP contribution in [-0.4, -0.2) is 14.2 Å². The van der Waals surface area contributed by atoms with Crippen LogP contribution in [0.25, 0.3) is 0 Å². The maximum Gasteiger partial charge on any atom is 0.119 e. The van der Waals surface area contributed by atoms with E-state index in [2.05, 4.69) is 84.9 Å². The third-order valence-electron chi connectivity index (χ3n) is 7.37. The predicted molar refractivity (Wildman–Crippen MR) is 128 cm³/mol. The Labute approximate surface area is 189 Å². The van der Waals surface area contributed by atoms with Gasteiger partial charge in [0.1, 0.15) is 11.5 Å². The number of rotatable bonds is 4. The van der Waals surface area contributed by atoms with E-state index in [1.165, 1.54) is 38.9 Å². The molecule has 0 fully saturated rings. The molecule has 0 N–H and O–H groups in total. The summed E-state index contributed by atoms with van der Waals surface area (Å²) in [5.41, 5.74) is 9.67. The van der Waals surface area contributed by atoms with E-state index >= 15 is 0 Å². The Morgan fingerprint density at radius 2 is 1.34 bits per heavy atom. The average Bonchev–Trinajstić information content (AvgIpc) is 3.04. The third-order valence-corrected chi connectivity index (χ3v) is 7.37. The average molecular weight is 419 g/mol. The Bertz CT molecular complexity index is 1270. The lowest BCUT2D eigenvalue weighted by Crippen LogP contribution is -2.37. The Morgan fingerprint density at radius 1 is 0.688 bits per heavy atom. The first kappa shape index (κ1) is 19.2. The molecule has 32 heavy (non-hydrogen) atoms. The molecule has 4 aromatic rings. The fourth-order valence-corrected chi connectivity index (χ4v) is 6.06. The van der Waals surface area contributed by atoms with Crippen LogP contribution < -0.4 is 9.47 Å². The highest BCUT2D eigenvalue weighted by Crippen LogP contribution is 2.56. The molecule has 0 spiro atoms. The first-order valence-electron chi connectivity index (χ1n) is 11.2. The van der Waals surface area contributed by atoms with Gasteiger partial charge in [0.15, 0.2) is 0 Å². The monoisotopic (exact) mass is 418 g/mol. The molecule has 2 bridgehead atoms. The van der Waals surface area contributed by atoms with E-state index < -0.39 is 0 Å². The molecule has 158 valence electrons. The van der Waals surface area contributed by atoms with Crippen LogP contribution in [0, 0.1) is 0 Å². The van der Waals surface area contributed by atoms with E-state index in [0.717, 1.165) is 24.3 Å². The molecule has 0 unspecified atom stereocenters. The molecule has 0 saturated carbocycles. The van der Waals surface area contributed by atoms with Crippen molar-refractivity contribution in [1.29, 1.82) is 0 Å². The summed E-state index contributed by atoms with van der Waals surface area (Å²) in [7, 11) is 3.49. The van der Waals surface area contributed by atoms with Crippen molar-refractivity contribution >= 4 is 0 Å². The fourth-order valence-electron chi connectivity index (χ4n) is 6.06. The van der Waals surface area contributed by atoms with Gasteiger partial charge < -0.3 is 9.47 Å². The lowest BCUT2D eigenvalue weighted by molar-refractivity contribution is 0.412. The fraction of sp³-hybridized carbons (Fsp3) is 0.200. The first-order chi connectivity index (χ1) is 15.7. The van der Waals surface area contributed by atoms with Crippen LogP contribution >= 0.6 is 0 Å². The predicted octanol–water partition coefficient (Wildman–Crippen LogP) is 6.28. The number of ether oxygens (including phenoxy) is 2. The summed E-state index contributed by atoms with van der Waals surface area (Å²) in [6, 6.07) is 33.3. The number of methoxy groups -OCH3 is 2. The lowest BCUT2D eigenvalue weighted by Gasteiger charge is -2.41. The lowest BCUT2D eigenvalue weighted by atomic mass is 9.61. The molecular formula is C30H26O2. The third kappa shape index (κ3) is 2.72. The van der Waals surface area contributed by atoms with Crippen LogP contribution in [-0.2, 0) is 18.3 Å². The van der Waals surface area contributed by atoms with Crippen molar-refractivity contribution in [2.75, 3.05) is 14.2 Å². The second kappa shape index (κ2) is 7.27. The molecular weight excluding hydrogens is 392 g/mol. The van der Waals surface area contributed by atoms with Crippen molar-refractivity contribution in [2.24, 2.45) is 0 Å². The van der Waals surface area contributed by atoms with Gasteiger partial charge in [-0.25, -0.2) is 0 Å². The van der Waals surface area contributed by atoms with Crippen molar-refractivity contribution < 1.29 is 9.47 Å². The number of benzene rings is 4. The Kier molecular flexibility index (Phi) is 4.36. The first-order valence-corrected chi connectivity index (χ1v) is 11.2. The quantitative estimate of drug-likeness (QED) is 0.388. The Balaban J connectivity index is 1.66. The molecule has 3 aliphatic rings. The van der Waals surface area contributed by atoms with Crippen LogP contribution in [0.2, 0.25) is 0 Å². The van der Waals surface area contributed by atoms with Gasteiger partial charge in [-0.05, 0) is 76.1 Å². The molecule has 0 saturated heterocycles. The van der Waals surface area contributed by atoms with Crippen molar-refractivity contribution in [3.8, 4) is 11.5 Å². The van der Waals surface area contributed by atoms with Gasteiger partial charge >= 0.3 is 0 Å². The van der Waals surface area contributed by atoms with Crippen molar-refractivity contribution in [3.05, 3.63) is 130 Å². The SMILES string of the molecule is COc1cccc(CC23Cc4cc(OC)ccc4C(c4ccccc42)c2ccccc23)c1. The summed E-state index contributed by atoms with van der Waals surface area (Å²) in [6.45, 7) is 0. The highest BCUT2D eigenvalue weighted by molar-refractivity contribution is 5.66. The summed E-state index contributed by atoms with van der Waals surface area (Å²) in [6.07, 6.45) is 1.86. The van der Waals surface area contributed by atoms with Gasteiger partial charge in [-0.2, -0.15) is 0 Å². The second-order valence-corrected chi connectivity index (χ2v) is 8.96. The number of hydrogen-bond acceptors (Lipinski definition) is 2. The molecule has 0 radical (unpaired) electrons. The molecule has 0 heterocycles. The van der Waals surface area contributed by atoms with Crippen LogP contribution in [0.3, 0.4) is 0 Å². The normalized spacial score (nSPS) is 20.0. The number of hydrogen-bond donors (Lipinski definition) is 0. The molecule has 4 aromatic carbocycles. The smallest absolute Gasteiger partial charge is 0.119 e. The molecule has 2 heteroatoms. The van der Waals surface area contributed by atoms with E-state index in [0.29, 0.717) is 0 Å². The van der Waals surface area contributed by atoms with E-state index in [1.807, 2.05) is 6.07 Å². The highest BCUT2D eigenvalue weighted by atomic mass is 16.5. The van der Waals surface area contributed by atoms with E-state index in [9.17, 15) is 0 Å². The van der Waals surface area contributed by atoms with Gasteiger partial charge in [-0.3, -0.25) is 0 Å². The van der Waals surface area contributed by atoms with Crippen molar-refractivity contribution in [3.63, 3.8) is 0 Å². The summed E-state index contributed by atoms with van der Waals surface area (Å²) in [5.74, 6) is 2.09. The van der Waals surface area contributed by atoms with Crippen molar-refractivity contribution in [1.82, 2.24) is 0 Å². The summed E-state index contributed by atoms with van der Waals surface area (Å²) < 4.78 is 11.2. The standard InChI is InChI=1S/C30H26O2/c1-31-22-9-7-8-20(16-22)18-30-19-21-17-23(32-2)14-15-24(21)29(25-10-3-5-12-27(25)30)26-11-4-6-13-28(26)30/h3-17,29H,18-19H2,1-2H3. The summed E-state index contributed by atoms with van der Waals surface area (Å²) in [4.78, 5) is 0. The van der Waals surface area contributed by atoms with Crippen LogP contribution in [0.15, 0.2) is 91.0 Å². The highest BCUT2D eigenvalue weighted by Gasteiger charge is 2.47. The Morgan fingerprint density at radius 3 is 2.03 bits per heavy atom. The van der Waals surface area contributed by atoms with Crippen LogP contribution in [0.1, 0.15) is 44.9 Å². The van der Waals surface area contributed by atoms with E-state index in [1.54, 1.807) is 14.2 Å². The van der Waals surface area contributed by atoms with Gasteiger partial charge in [-0.15, -0.1) is 0 Å². The minimum atomic E-state index is -0.145. The Hall–Kier alpha value is -3.52. The van der Waals surface area contributed by atoms with Gasteiger partial charge in [0.05, 0.1) is 14.2 Å². The van der Waals surface area contributed by atoms with Gasteiger partial charge in [0.2, 0.25) is 0 Å². The molecule has 0 aliphatic heterocycles. The van der Waals surface area contributed by atoms with Gasteiger partial charge in [0.25, 0.3) is 0 Å². The molecule has 7 rings (SSSR count). The zero-order valence-corrected chi connectivity index (χ0v) is 18.5. The minimum Gasteiger partial charge on any atom is -0.497 e. The van der Waals surface area contributed by atoms with Gasteiger partial charge in [-0.1, -0.05) is 66.7 Å². The molecule has 0 aromatic heterocycles. The van der Waals surface area contributed by atoms with Crippen LogP contribution in [0.4, 0.5) is 0 Å². The van der Waals surface area contributed by atoms with Crippen molar-refractivity contribution in [2.45, 2.75) is 24.2 Å². The molecule has 0 atom stereocenters. The summed E-state index contributed by atoms with van der Waals surface area (Å²) in [5, 5.41) is 0. The maximum atomic E-state index is 5.63. The molecule has 3 aliphatic carbocycles. The topological polar surface area (TPSA) is 18.5 Å². The molecule has 2 nitrogen and oxygen atoms in total. The summed E-state index contributed by atoms with van der Waals surface area (Å²) >= 11 is 0. The molecule has 0 amide bonds. The van der Waals surface area contributed by atoms with Gasteiger partial charge in [0, 0.05) is 11.3 Å². The zero-order valence-electron chi connectivity index (χ0n) is 18.5. The van der Waals surface area contributed by atoms with E-state index in [-0.39, 0.29) is 11.3 Å².